The number of aromatic nitrogens is 2. The van der Waals surface area contributed by atoms with Crippen LogP contribution in [0.25, 0.3) is 0 Å². The molecule has 1 saturated carbocycles. The molecular formula is C17H18FN3O3. The number of hydrogen-bond donors (Lipinski definition) is 0. The van der Waals surface area contributed by atoms with Gasteiger partial charge >= 0.3 is 0 Å². The minimum atomic E-state index is -0.463. The van der Waals surface area contributed by atoms with Crippen molar-refractivity contribution in [3.63, 3.8) is 0 Å². The topological polar surface area (TPSA) is 68.5 Å². The number of morpholine rings is 1. The van der Waals surface area contributed by atoms with Crippen LogP contribution in [0.1, 0.15) is 53.8 Å². The number of nitrogens with zero attached hydrogens (tertiary/aromatic N) is 3. The quantitative estimate of drug-likeness (QED) is 0.865. The smallest absolute Gasteiger partial charge is 0.254 e. The molecule has 0 N–H and O–H groups in total. The van der Waals surface area contributed by atoms with E-state index in [4.69, 9.17) is 9.26 Å². The highest BCUT2D eigenvalue weighted by Gasteiger charge is 2.39. The van der Waals surface area contributed by atoms with Crippen LogP contribution in [0.2, 0.25) is 0 Å². The van der Waals surface area contributed by atoms with Crippen LogP contribution >= 0.6 is 0 Å². The normalized spacial score (nSPS) is 24.2. The molecule has 1 aromatic heterocycles. The predicted octanol–water partition coefficient (Wildman–Crippen LogP) is 2.69. The average molecular weight is 331 g/mol. The van der Waals surface area contributed by atoms with Gasteiger partial charge in [0.2, 0.25) is 0 Å². The number of carbonyl (C=O) groups excluding carboxylic acids is 1. The van der Waals surface area contributed by atoms with Gasteiger partial charge in [0, 0.05) is 18.0 Å². The van der Waals surface area contributed by atoms with E-state index < -0.39 is 11.9 Å². The first-order valence-electron chi connectivity index (χ1n) is 8.15. The maximum atomic E-state index is 13.5. The van der Waals surface area contributed by atoms with Gasteiger partial charge in [0.25, 0.3) is 11.8 Å². The van der Waals surface area contributed by atoms with E-state index in [2.05, 4.69) is 10.1 Å². The molecule has 1 aromatic carbocycles. The summed E-state index contributed by atoms with van der Waals surface area (Å²) in [4.78, 5) is 18.9. The fourth-order valence-corrected chi connectivity index (χ4v) is 3.04. The Kier molecular flexibility index (Phi) is 3.80. The molecular weight excluding hydrogens is 313 g/mol. The molecule has 0 radical (unpaired) electrons. The average Bonchev–Trinajstić information content (AvgIpc) is 3.32. The monoisotopic (exact) mass is 331 g/mol. The second-order valence-electron chi connectivity index (χ2n) is 6.29. The standard InChI is InChI=1S/C17H18FN3O3/c1-10-14(16-19-15(20-24-16)11-5-6-11)21(7-8-23-10)17(22)12-3-2-4-13(18)9-12/h2-4,9-11,14H,5-8H2,1H3/t10-,14+/m1/s1. The highest BCUT2D eigenvalue weighted by molar-refractivity contribution is 5.94. The Morgan fingerprint density at radius 2 is 2.21 bits per heavy atom. The van der Waals surface area contributed by atoms with Crippen LogP contribution in [0.3, 0.4) is 0 Å². The predicted molar refractivity (Wildman–Crippen MR) is 81.9 cm³/mol. The summed E-state index contributed by atoms with van der Waals surface area (Å²) in [6, 6.07) is 5.22. The summed E-state index contributed by atoms with van der Waals surface area (Å²) in [7, 11) is 0. The zero-order valence-electron chi connectivity index (χ0n) is 13.3. The SMILES string of the molecule is C[C@H]1OCCN(C(=O)c2cccc(F)c2)[C@@H]1c1nc(C2CC2)no1. The lowest BCUT2D eigenvalue weighted by molar-refractivity contribution is -0.0600. The van der Waals surface area contributed by atoms with Crippen LogP contribution in [-0.4, -0.2) is 40.2 Å². The fourth-order valence-electron chi connectivity index (χ4n) is 3.04. The number of rotatable bonds is 3. The van der Waals surface area contributed by atoms with Gasteiger partial charge < -0.3 is 14.2 Å². The molecule has 1 saturated heterocycles. The minimum absolute atomic E-state index is 0.263. The van der Waals surface area contributed by atoms with Crippen molar-refractivity contribution in [2.24, 2.45) is 0 Å². The summed E-state index contributed by atoms with van der Waals surface area (Å²) in [5.41, 5.74) is 0.302. The first-order chi connectivity index (χ1) is 11.6. The maximum Gasteiger partial charge on any atom is 0.254 e. The fraction of sp³-hybridized carbons (Fsp3) is 0.471. The lowest BCUT2D eigenvalue weighted by Crippen LogP contribution is -2.47. The lowest BCUT2D eigenvalue weighted by atomic mass is 10.1. The van der Waals surface area contributed by atoms with Crippen LogP contribution < -0.4 is 0 Å². The van der Waals surface area contributed by atoms with Gasteiger partial charge in [-0.15, -0.1) is 0 Å². The molecule has 24 heavy (non-hydrogen) atoms. The van der Waals surface area contributed by atoms with Crippen LogP contribution in [-0.2, 0) is 4.74 Å². The van der Waals surface area contributed by atoms with Gasteiger partial charge in [-0.1, -0.05) is 11.2 Å². The zero-order valence-corrected chi connectivity index (χ0v) is 13.3. The molecule has 0 bridgehead atoms. The molecule has 7 heteroatoms. The van der Waals surface area contributed by atoms with Crippen LogP contribution in [0.5, 0.6) is 0 Å². The molecule has 1 aliphatic heterocycles. The van der Waals surface area contributed by atoms with E-state index in [1.54, 1.807) is 11.0 Å². The van der Waals surface area contributed by atoms with Gasteiger partial charge in [0.05, 0.1) is 12.7 Å². The van der Waals surface area contributed by atoms with Crippen molar-refractivity contribution in [3.05, 3.63) is 47.4 Å². The van der Waals surface area contributed by atoms with E-state index in [-0.39, 0.29) is 12.0 Å². The van der Waals surface area contributed by atoms with Gasteiger partial charge in [0.1, 0.15) is 11.9 Å². The summed E-state index contributed by atoms with van der Waals surface area (Å²) < 4.78 is 24.5. The number of ether oxygens (including phenoxy) is 1. The van der Waals surface area contributed by atoms with E-state index in [1.807, 2.05) is 6.92 Å². The molecule has 2 heterocycles. The van der Waals surface area contributed by atoms with Gasteiger partial charge in [-0.3, -0.25) is 4.79 Å². The van der Waals surface area contributed by atoms with Crippen molar-refractivity contribution in [2.75, 3.05) is 13.2 Å². The van der Waals surface area contributed by atoms with Crippen molar-refractivity contribution in [2.45, 2.75) is 37.8 Å². The van der Waals surface area contributed by atoms with Gasteiger partial charge in [-0.25, -0.2) is 4.39 Å². The number of hydrogen-bond acceptors (Lipinski definition) is 5. The van der Waals surface area contributed by atoms with Crippen molar-refractivity contribution in [1.82, 2.24) is 15.0 Å². The number of amides is 1. The number of halogens is 1. The molecule has 2 fully saturated rings. The van der Waals surface area contributed by atoms with E-state index >= 15 is 0 Å². The van der Waals surface area contributed by atoms with Crippen LogP contribution in [0.15, 0.2) is 28.8 Å². The van der Waals surface area contributed by atoms with Crippen molar-refractivity contribution >= 4 is 5.91 Å². The minimum Gasteiger partial charge on any atom is -0.374 e. The summed E-state index contributed by atoms with van der Waals surface area (Å²) in [5, 5.41) is 4.03. The highest BCUT2D eigenvalue weighted by atomic mass is 19.1. The highest BCUT2D eigenvalue weighted by Crippen LogP contribution is 2.39. The zero-order chi connectivity index (χ0) is 16.7. The van der Waals surface area contributed by atoms with Gasteiger partial charge in [0.15, 0.2) is 5.82 Å². The van der Waals surface area contributed by atoms with E-state index in [1.165, 1.54) is 18.2 Å². The molecule has 2 aliphatic rings. The van der Waals surface area contributed by atoms with E-state index in [0.717, 1.165) is 12.8 Å². The second kappa shape index (κ2) is 5.98. The van der Waals surface area contributed by atoms with Crippen LogP contribution in [0.4, 0.5) is 4.39 Å². The molecule has 4 rings (SSSR count). The first-order valence-corrected chi connectivity index (χ1v) is 8.15. The number of carbonyl (C=O) groups is 1. The Labute approximate surface area is 138 Å². The van der Waals surface area contributed by atoms with Gasteiger partial charge in [-0.2, -0.15) is 4.98 Å². The Hall–Kier alpha value is -2.28. The summed E-state index contributed by atoms with van der Waals surface area (Å²) in [6.07, 6.45) is 1.87. The van der Waals surface area contributed by atoms with Crippen molar-refractivity contribution in [3.8, 4) is 0 Å². The Bertz CT molecular complexity index is 759. The van der Waals surface area contributed by atoms with E-state index in [0.29, 0.717) is 36.3 Å². The summed E-state index contributed by atoms with van der Waals surface area (Å²) in [6.45, 7) is 2.69. The Balaban J connectivity index is 1.64. The Morgan fingerprint density at radius 1 is 1.38 bits per heavy atom. The van der Waals surface area contributed by atoms with Crippen molar-refractivity contribution < 1.29 is 18.4 Å². The Morgan fingerprint density at radius 3 is 2.96 bits per heavy atom. The molecule has 1 amide bonds. The maximum absolute atomic E-state index is 13.5. The van der Waals surface area contributed by atoms with E-state index in [9.17, 15) is 9.18 Å². The second-order valence-corrected chi connectivity index (χ2v) is 6.29. The number of benzene rings is 1. The molecule has 0 unspecified atom stereocenters. The molecule has 2 atom stereocenters. The molecule has 0 spiro atoms. The molecule has 6 nitrogen and oxygen atoms in total. The molecule has 1 aliphatic carbocycles. The molecule has 126 valence electrons. The third kappa shape index (κ3) is 2.80. The first kappa shape index (κ1) is 15.3. The van der Waals surface area contributed by atoms with Gasteiger partial charge in [-0.05, 0) is 38.0 Å². The molecule has 2 aromatic rings. The van der Waals surface area contributed by atoms with Crippen LogP contribution in [0, 0.1) is 5.82 Å². The summed E-state index contributed by atoms with van der Waals surface area (Å²) >= 11 is 0. The largest absolute Gasteiger partial charge is 0.374 e. The summed E-state index contributed by atoms with van der Waals surface area (Å²) in [5.74, 6) is 0.748. The van der Waals surface area contributed by atoms with Crippen molar-refractivity contribution in [1.29, 1.82) is 0 Å². The third-order valence-electron chi connectivity index (χ3n) is 4.48. The third-order valence-corrected chi connectivity index (χ3v) is 4.48. The lowest BCUT2D eigenvalue weighted by Gasteiger charge is -2.37.